The SMILES string of the molecule is COCCOc1c(OC)cc(C(Nc2ccc(C(=N)N)cc2)c2nn(-c3ccccc3OC)c(=O)[nH]2)cc1OC. The van der Waals surface area contributed by atoms with Gasteiger partial charge in [0.15, 0.2) is 17.3 Å². The number of anilines is 1. The Morgan fingerprint density at radius 1 is 0.975 bits per heavy atom. The van der Waals surface area contributed by atoms with E-state index in [4.69, 9.17) is 34.8 Å². The van der Waals surface area contributed by atoms with Gasteiger partial charge in [0.1, 0.15) is 29.9 Å². The van der Waals surface area contributed by atoms with Gasteiger partial charge in [-0.3, -0.25) is 10.4 Å². The third kappa shape index (κ3) is 6.02. The summed E-state index contributed by atoms with van der Waals surface area (Å²) in [4.78, 5) is 16.0. The molecule has 4 aromatic rings. The van der Waals surface area contributed by atoms with Crippen molar-refractivity contribution in [3.8, 4) is 28.7 Å². The van der Waals surface area contributed by atoms with Crippen LogP contribution in [-0.4, -0.2) is 62.3 Å². The second kappa shape index (κ2) is 12.7. The molecular weight excluding hydrogens is 516 g/mol. The van der Waals surface area contributed by atoms with Crippen LogP contribution in [-0.2, 0) is 4.74 Å². The molecule has 0 aliphatic heterocycles. The third-order valence-corrected chi connectivity index (χ3v) is 6.08. The molecule has 0 radical (unpaired) electrons. The summed E-state index contributed by atoms with van der Waals surface area (Å²) in [6.45, 7) is 0.680. The van der Waals surface area contributed by atoms with Gasteiger partial charge in [-0.1, -0.05) is 12.1 Å². The molecule has 3 aromatic carbocycles. The van der Waals surface area contributed by atoms with Gasteiger partial charge in [0.25, 0.3) is 0 Å². The van der Waals surface area contributed by atoms with Gasteiger partial charge in [-0.2, -0.15) is 4.68 Å². The van der Waals surface area contributed by atoms with Gasteiger partial charge in [-0.05, 0) is 54.1 Å². The minimum atomic E-state index is -0.664. The number of H-pyrrole nitrogens is 1. The molecule has 1 heterocycles. The Morgan fingerprint density at radius 2 is 1.62 bits per heavy atom. The van der Waals surface area contributed by atoms with Gasteiger partial charge in [-0.15, -0.1) is 5.10 Å². The first-order valence-corrected chi connectivity index (χ1v) is 12.3. The van der Waals surface area contributed by atoms with Crippen molar-refractivity contribution in [2.24, 2.45) is 5.73 Å². The summed E-state index contributed by atoms with van der Waals surface area (Å²) in [7, 11) is 6.18. The molecule has 0 fully saturated rings. The highest BCUT2D eigenvalue weighted by Gasteiger charge is 2.25. The van der Waals surface area contributed by atoms with Crippen molar-refractivity contribution in [1.29, 1.82) is 5.41 Å². The molecule has 12 heteroatoms. The Hall–Kier alpha value is -4.97. The third-order valence-electron chi connectivity index (χ3n) is 6.08. The Morgan fingerprint density at radius 3 is 2.23 bits per heavy atom. The van der Waals surface area contributed by atoms with Gasteiger partial charge < -0.3 is 34.7 Å². The maximum atomic E-state index is 13.1. The molecule has 210 valence electrons. The van der Waals surface area contributed by atoms with Crippen LogP contribution in [0.5, 0.6) is 23.0 Å². The number of nitrogen functional groups attached to an aromatic ring is 1. The number of nitrogens with two attached hydrogens (primary N) is 1. The number of aromatic nitrogens is 3. The Balaban J connectivity index is 1.83. The lowest BCUT2D eigenvalue weighted by Crippen LogP contribution is -2.17. The van der Waals surface area contributed by atoms with Gasteiger partial charge in [-0.25, -0.2) is 4.79 Å². The number of benzene rings is 3. The zero-order valence-corrected chi connectivity index (χ0v) is 22.7. The molecule has 0 saturated carbocycles. The highest BCUT2D eigenvalue weighted by molar-refractivity contribution is 5.95. The van der Waals surface area contributed by atoms with E-state index >= 15 is 0 Å². The van der Waals surface area contributed by atoms with Crippen molar-refractivity contribution in [3.05, 3.63) is 88.1 Å². The van der Waals surface area contributed by atoms with Crippen LogP contribution in [0.15, 0.2) is 65.5 Å². The van der Waals surface area contributed by atoms with Gasteiger partial charge in [0.2, 0.25) is 5.75 Å². The molecule has 0 bridgehead atoms. The number of aromatic amines is 1. The first-order valence-electron chi connectivity index (χ1n) is 12.3. The summed E-state index contributed by atoms with van der Waals surface area (Å²) < 4.78 is 28.9. The zero-order valence-electron chi connectivity index (χ0n) is 22.7. The Bertz CT molecular complexity index is 1490. The Kier molecular flexibility index (Phi) is 8.92. The number of nitrogens with one attached hydrogen (secondary N) is 3. The predicted octanol–water partition coefficient (Wildman–Crippen LogP) is 3.10. The number of para-hydroxylation sites is 2. The van der Waals surface area contributed by atoms with E-state index in [9.17, 15) is 4.79 Å². The molecule has 0 saturated heterocycles. The van der Waals surface area contributed by atoms with E-state index in [2.05, 4.69) is 15.4 Å². The Labute approximate surface area is 231 Å². The standard InChI is InChI=1S/C28H32N6O6/c1-36-13-14-40-25-22(38-3)15-18(16-23(25)39-4)24(31-19-11-9-17(10-12-19)26(29)30)27-32-28(35)34(33-27)20-7-5-6-8-21(20)37-2/h5-12,15-16,24,31H,13-14H2,1-4H3,(H3,29,30)(H,32,33,35). The molecule has 0 aliphatic carbocycles. The molecule has 1 atom stereocenters. The van der Waals surface area contributed by atoms with Crippen molar-refractivity contribution in [3.63, 3.8) is 0 Å². The van der Waals surface area contributed by atoms with Crippen molar-refractivity contribution in [1.82, 2.24) is 14.8 Å². The lowest BCUT2D eigenvalue weighted by atomic mass is 10.0. The molecule has 0 amide bonds. The minimum absolute atomic E-state index is 0.0403. The van der Waals surface area contributed by atoms with E-state index in [0.29, 0.717) is 64.5 Å². The second-order valence-corrected chi connectivity index (χ2v) is 8.56. The largest absolute Gasteiger partial charge is 0.494 e. The summed E-state index contributed by atoms with van der Waals surface area (Å²) >= 11 is 0. The molecular formula is C28H32N6O6. The van der Waals surface area contributed by atoms with E-state index in [0.717, 1.165) is 0 Å². The summed E-state index contributed by atoms with van der Waals surface area (Å²) in [5, 5.41) is 15.7. The van der Waals surface area contributed by atoms with Crippen LogP contribution < -0.4 is 35.7 Å². The van der Waals surface area contributed by atoms with Crippen LogP contribution in [0.1, 0.15) is 23.0 Å². The number of ether oxygens (including phenoxy) is 5. The maximum Gasteiger partial charge on any atom is 0.348 e. The number of nitrogens with zero attached hydrogens (tertiary/aromatic N) is 2. The number of methoxy groups -OCH3 is 4. The highest BCUT2D eigenvalue weighted by atomic mass is 16.6. The normalized spacial score (nSPS) is 11.5. The van der Waals surface area contributed by atoms with E-state index in [1.54, 1.807) is 61.7 Å². The molecule has 4 rings (SSSR count). The van der Waals surface area contributed by atoms with E-state index in [1.807, 2.05) is 6.07 Å². The molecule has 1 aromatic heterocycles. The minimum Gasteiger partial charge on any atom is -0.494 e. The fraction of sp³-hybridized carbons (Fsp3) is 0.250. The van der Waals surface area contributed by atoms with Crippen LogP contribution in [0.3, 0.4) is 0 Å². The molecule has 0 spiro atoms. The summed E-state index contributed by atoms with van der Waals surface area (Å²) in [6.07, 6.45) is 0. The fourth-order valence-corrected chi connectivity index (χ4v) is 4.10. The smallest absolute Gasteiger partial charge is 0.348 e. The lowest BCUT2D eigenvalue weighted by molar-refractivity contribution is 0.142. The summed E-state index contributed by atoms with van der Waals surface area (Å²) in [6, 6.07) is 17.0. The van der Waals surface area contributed by atoms with Crippen LogP contribution in [0.25, 0.3) is 5.69 Å². The van der Waals surface area contributed by atoms with Crippen molar-refractivity contribution in [2.75, 3.05) is 47.0 Å². The average Bonchev–Trinajstić information content (AvgIpc) is 3.36. The highest BCUT2D eigenvalue weighted by Crippen LogP contribution is 2.41. The van der Waals surface area contributed by atoms with Gasteiger partial charge >= 0.3 is 5.69 Å². The quantitative estimate of drug-likeness (QED) is 0.112. The molecule has 40 heavy (non-hydrogen) atoms. The van der Waals surface area contributed by atoms with Crippen molar-refractivity contribution < 1.29 is 23.7 Å². The monoisotopic (exact) mass is 548 g/mol. The summed E-state index contributed by atoms with van der Waals surface area (Å²) in [5.74, 6) is 2.05. The van der Waals surface area contributed by atoms with Crippen LogP contribution in [0, 0.1) is 5.41 Å². The van der Waals surface area contributed by atoms with E-state index in [-0.39, 0.29) is 5.84 Å². The van der Waals surface area contributed by atoms with Gasteiger partial charge in [0, 0.05) is 18.4 Å². The first-order chi connectivity index (χ1) is 19.4. The van der Waals surface area contributed by atoms with Crippen LogP contribution in [0.4, 0.5) is 5.69 Å². The first kappa shape index (κ1) is 28.0. The molecule has 12 nitrogen and oxygen atoms in total. The average molecular weight is 549 g/mol. The number of hydrogen-bond acceptors (Lipinski definition) is 9. The van der Waals surface area contributed by atoms with Crippen LogP contribution >= 0.6 is 0 Å². The summed E-state index contributed by atoms with van der Waals surface area (Å²) in [5.41, 5.74) is 7.60. The maximum absolute atomic E-state index is 13.1. The second-order valence-electron chi connectivity index (χ2n) is 8.56. The predicted molar refractivity (Wildman–Crippen MR) is 151 cm³/mol. The number of hydrogen-bond donors (Lipinski definition) is 4. The molecule has 5 N–H and O–H groups in total. The zero-order chi connectivity index (χ0) is 28.6. The molecule has 0 aliphatic rings. The molecule has 1 unspecified atom stereocenters. The van der Waals surface area contributed by atoms with Crippen molar-refractivity contribution in [2.45, 2.75) is 6.04 Å². The van der Waals surface area contributed by atoms with Crippen molar-refractivity contribution >= 4 is 11.5 Å². The lowest BCUT2D eigenvalue weighted by Gasteiger charge is -2.22. The van der Waals surface area contributed by atoms with Gasteiger partial charge in [0.05, 0.1) is 27.9 Å². The van der Waals surface area contributed by atoms with E-state index < -0.39 is 11.7 Å². The van der Waals surface area contributed by atoms with Crippen LogP contribution in [0.2, 0.25) is 0 Å². The number of rotatable bonds is 13. The number of amidine groups is 1. The van der Waals surface area contributed by atoms with E-state index in [1.165, 1.54) is 26.0 Å². The topological polar surface area (TPSA) is 159 Å². The fourth-order valence-electron chi connectivity index (χ4n) is 4.10.